The van der Waals surface area contributed by atoms with Crippen LogP contribution in [0.2, 0.25) is 5.02 Å². The van der Waals surface area contributed by atoms with Crippen LogP contribution in [0.4, 0.5) is 10.1 Å². The van der Waals surface area contributed by atoms with Crippen LogP contribution in [-0.4, -0.2) is 16.0 Å². The van der Waals surface area contributed by atoms with E-state index in [9.17, 15) is 19.6 Å². The maximum absolute atomic E-state index is 14.6. The van der Waals surface area contributed by atoms with E-state index in [0.29, 0.717) is 34.8 Å². The molecule has 3 aromatic rings. The summed E-state index contributed by atoms with van der Waals surface area (Å²) in [5.74, 6) is -2.66. The van der Waals surface area contributed by atoms with E-state index < -0.39 is 17.7 Å². The van der Waals surface area contributed by atoms with Gasteiger partial charge in [0.05, 0.1) is 28.3 Å². The largest absolute Gasteiger partial charge is 0.365 e. The predicted octanol–water partition coefficient (Wildman–Crippen LogP) is 5.00. The van der Waals surface area contributed by atoms with E-state index in [4.69, 9.17) is 11.6 Å². The van der Waals surface area contributed by atoms with E-state index in [1.165, 1.54) is 18.3 Å². The Kier molecular flexibility index (Phi) is 5.80. The number of aromatic nitrogens is 1. The lowest BCUT2D eigenvalue weighted by Gasteiger charge is -2.17. The average Bonchev–Trinajstić information content (AvgIpc) is 3.78. The summed E-state index contributed by atoms with van der Waals surface area (Å²) in [6.45, 7) is 0. The van der Waals surface area contributed by atoms with Gasteiger partial charge >= 0.3 is 5.97 Å². The maximum atomic E-state index is 14.6. The molecule has 1 unspecified atom stereocenters. The van der Waals surface area contributed by atoms with Crippen LogP contribution in [0.1, 0.15) is 42.0 Å². The van der Waals surface area contributed by atoms with Gasteiger partial charge in [0.25, 0.3) is 0 Å². The van der Waals surface area contributed by atoms with Gasteiger partial charge in [-0.2, -0.15) is 15.0 Å². The number of halogens is 2. The Hall–Kier alpha value is -3.35. The normalized spacial score (nSPS) is 17.0. The van der Waals surface area contributed by atoms with Crippen molar-refractivity contribution in [1.29, 1.82) is 5.26 Å². The summed E-state index contributed by atoms with van der Waals surface area (Å²) in [5, 5.41) is 22.0. The van der Waals surface area contributed by atoms with Crippen LogP contribution in [-0.2, 0) is 20.5 Å². The van der Waals surface area contributed by atoms with Crippen molar-refractivity contribution in [3.05, 3.63) is 82.4 Å². The summed E-state index contributed by atoms with van der Waals surface area (Å²) >= 11 is 5.91. The third-order valence-corrected chi connectivity index (χ3v) is 6.28. The molecule has 2 aromatic carbocycles. The summed E-state index contributed by atoms with van der Waals surface area (Å²) in [7, 11) is 0. The highest BCUT2D eigenvalue weighted by atomic mass is 35.5. The fourth-order valence-corrected chi connectivity index (χ4v) is 4.02. The summed E-state index contributed by atoms with van der Waals surface area (Å²) in [6, 6.07) is 14.6. The van der Waals surface area contributed by atoms with Crippen LogP contribution >= 0.6 is 11.6 Å². The second-order valence-corrected chi connectivity index (χ2v) is 8.82. The summed E-state index contributed by atoms with van der Waals surface area (Å²) < 4.78 is 14.6. The van der Waals surface area contributed by atoms with Crippen molar-refractivity contribution in [3.8, 4) is 17.2 Å². The van der Waals surface area contributed by atoms with E-state index in [2.05, 4.69) is 20.1 Å². The number of carbonyl (C=O) groups excluding carboxylic acids is 1. The zero-order valence-electron chi connectivity index (χ0n) is 17.8. The van der Waals surface area contributed by atoms with E-state index >= 15 is 0 Å². The highest BCUT2D eigenvalue weighted by Gasteiger charge is 2.49. The van der Waals surface area contributed by atoms with Crippen LogP contribution in [0.3, 0.4) is 0 Å². The lowest BCUT2D eigenvalue weighted by atomic mass is 9.95. The molecule has 1 aliphatic carbocycles. The number of hydrogen-bond donors (Lipinski definition) is 2. The van der Waals surface area contributed by atoms with Gasteiger partial charge in [-0.15, -0.1) is 0 Å². The molecule has 1 aromatic heterocycles. The molecule has 1 aliphatic heterocycles. The Morgan fingerprint density at radius 3 is 2.56 bits per heavy atom. The number of aliphatic hydroxyl groups is 1. The summed E-state index contributed by atoms with van der Waals surface area (Å²) in [6.07, 6.45) is 4.23. The molecular weight excluding hydrogens is 461 g/mol. The molecule has 0 radical (unpaired) electrons. The second-order valence-electron chi connectivity index (χ2n) is 8.41. The third kappa shape index (κ3) is 4.52. The van der Waals surface area contributed by atoms with E-state index in [-0.39, 0.29) is 22.1 Å². The quantitative estimate of drug-likeness (QED) is 0.364. The van der Waals surface area contributed by atoms with Crippen molar-refractivity contribution in [2.24, 2.45) is 5.92 Å². The first-order valence-electron chi connectivity index (χ1n) is 10.7. The molecule has 9 heteroatoms. The Labute approximate surface area is 199 Å². The molecule has 1 saturated heterocycles. The van der Waals surface area contributed by atoms with Crippen molar-refractivity contribution in [2.75, 3.05) is 5.32 Å². The van der Waals surface area contributed by atoms with Crippen LogP contribution in [0.5, 0.6) is 0 Å². The number of amides is 1. The van der Waals surface area contributed by atoms with Crippen LogP contribution < -0.4 is 5.32 Å². The van der Waals surface area contributed by atoms with E-state index in [0.717, 1.165) is 12.8 Å². The van der Waals surface area contributed by atoms with Crippen LogP contribution in [0.15, 0.2) is 54.7 Å². The zero-order valence-corrected chi connectivity index (χ0v) is 18.6. The number of nitrogens with zero attached hydrogens (tertiary/aromatic N) is 2. The second kappa shape index (κ2) is 8.78. The highest BCUT2D eigenvalue weighted by Crippen LogP contribution is 2.40. The SMILES string of the molecule is N#Cc1ccc(Cl)c(F)c1-c1ccc(C(CC2CC2)C(=O)Nc2ccc(C3(O)OO3)cc2)nc1. The standard InChI is InChI=1S/C25H19ClFN3O4/c26-20-9-3-15(12-28)22(23(20)27)16-4-10-21(29-13-16)19(11-14-1-2-14)24(31)30-18-7-5-17(6-8-18)25(32)33-34-25/h3-10,13-14,19,32H,1-2,11H2,(H,30,31). The van der Waals surface area contributed by atoms with Gasteiger partial charge in [0.1, 0.15) is 0 Å². The van der Waals surface area contributed by atoms with Gasteiger partial charge in [-0.1, -0.05) is 30.5 Å². The van der Waals surface area contributed by atoms with Crippen LogP contribution in [0, 0.1) is 23.1 Å². The first-order chi connectivity index (χ1) is 16.4. The number of pyridine rings is 1. The molecule has 0 bridgehead atoms. The smallest absolute Gasteiger partial charge is 0.336 e. The molecule has 1 atom stereocenters. The summed E-state index contributed by atoms with van der Waals surface area (Å²) in [5.41, 5.74) is 2.17. The Morgan fingerprint density at radius 2 is 1.97 bits per heavy atom. The number of anilines is 1. The molecule has 34 heavy (non-hydrogen) atoms. The van der Waals surface area contributed by atoms with Crippen molar-refractivity contribution >= 4 is 23.2 Å². The molecule has 2 heterocycles. The minimum absolute atomic E-state index is 0.0815. The van der Waals surface area contributed by atoms with E-state index in [1.807, 2.05) is 6.07 Å². The molecule has 7 nitrogen and oxygen atoms in total. The van der Waals surface area contributed by atoms with Crippen molar-refractivity contribution in [2.45, 2.75) is 31.2 Å². The third-order valence-electron chi connectivity index (χ3n) is 5.99. The van der Waals surface area contributed by atoms with Gasteiger partial charge in [-0.25, -0.2) is 4.39 Å². The molecule has 5 rings (SSSR count). The molecule has 1 amide bonds. The first-order valence-corrected chi connectivity index (χ1v) is 11.1. The van der Waals surface area contributed by atoms with Gasteiger partial charge in [0.2, 0.25) is 5.91 Å². The van der Waals surface area contributed by atoms with E-state index in [1.54, 1.807) is 36.4 Å². The van der Waals surface area contributed by atoms with Crippen molar-refractivity contribution in [1.82, 2.24) is 4.98 Å². The highest BCUT2D eigenvalue weighted by molar-refractivity contribution is 6.31. The number of benzene rings is 2. The van der Waals surface area contributed by atoms with Gasteiger partial charge in [0, 0.05) is 28.6 Å². The Bertz CT molecular complexity index is 1280. The lowest BCUT2D eigenvalue weighted by molar-refractivity contribution is -0.117. The Morgan fingerprint density at radius 1 is 1.24 bits per heavy atom. The lowest BCUT2D eigenvalue weighted by Crippen LogP contribution is -2.22. The van der Waals surface area contributed by atoms with Gasteiger partial charge in [-0.05, 0) is 54.8 Å². The van der Waals surface area contributed by atoms with Crippen molar-refractivity contribution in [3.63, 3.8) is 0 Å². The van der Waals surface area contributed by atoms with Gasteiger partial charge < -0.3 is 10.4 Å². The molecule has 0 spiro atoms. The molecule has 2 fully saturated rings. The number of rotatable bonds is 7. The number of nitriles is 1. The number of hydrogen-bond acceptors (Lipinski definition) is 6. The first kappa shape index (κ1) is 22.4. The average molecular weight is 480 g/mol. The molecule has 1 saturated carbocycles. The molecule has 172 valence electrons. The predicted molar refractivity (Wildman–Crippen MR) is 121 cm³/mol. The van der Waals surface area contributed by atoms with Gasteiger partial charge in [0.15, 0.2) is 5.82 Å². The maximum Gasteiger partial charge on any atom is 0.365 e. The fraction of sp³-hybridized carbons (Fsp3) is 0.240. The topological polar surface area (TPSA) is 111 Å². The number of carbonyl (C=O) groups is 1. The molecule has 2 aliphatic rings. The zero-order chi connectivity index (χ0) is 23.9. The molecule has 2 N–H and O–H groups in total. The van der Waals surface area contributed by atoms with Crippen LogP contribution in [0.25, 0.3) is 11.1 Å². The minimum atomic E-state index is -1.71. The fourth-order valence-electron chi connectivity index (χ4n) is 3.86. The monoisotopic (exact) mass is 479 g/mol. The van der Waals surface area contributed by atoms with Crippen molar-refractivity contribution < 1.29 is 24.1 Å². The Balaban J connectivity index is 1.38. The van der Waals surface area contributed by atoms with Gasteiger partial charge in [-0.3, -0.25) is 9.78 Å². The number of nitrogens with one attached hydrogen (secondary N) is 1. The summed E-state index contributed by atoms with van der Waals surface area (Å²) in [4.78, 5) is 26.7. The molecular formula is C25H19ClFN3O4. The minimum Gasteiger partial charge on any atom is -0.336 e.